The van der Waals surface area contributed by atoms with Crippen LogP contribution < -0.4 is 9.47 Å². The number of imidazole rings is 1. The van der Waals surface area contributed by atoms with E-state index in [0.29, 0.717) is 6.61 Å². The predicted molar refractivity (Wildman–Crippen MR) is 106 cm³/mol. The first kappa shape index (κ1) is 16.5. The molecule has 138 valence electrons. The monoisotopic (exact) mass is 380 g/mol. The number of para-hydroxylation sites is 2. The third kappa shape index (κ3) is 2.82. The summed E-state index contributed by atoms with van der Waals surface area (Å²) >= 11 is 1.66. The van der Waals surface area contributed by atoms with Crippen molar-refractivity contribution in [2.45, 2.75) is 37.3 Å². The molecule has 0 amide bonds. The maximum Gasteiger partial charge on any atom is 0.231 e. The van der Waals surface area contributed by atoms with Crippen molar-refractivity contribution < 1.29 is 9.47 Å². The fourth-order valence-electron chi connectivity index (χ4n) is 3.57. The molecule has 1 aliphatic heterocycles. The van der Waals surface area contributed by atoms with Gasteiger partial charge in [0, 0.05) is 23.3 Å². The lowest BCUT2D eigenvalue weighted by Crippen LogP contribution is -2.05. The number of aromatic nitrogens is 4. The average molecular weight is 380 g/mol. The summed E-state index contributed by atoms with van der Waals surface area (Å²) in [7, 11) is 0. The molecular weight excluding hydrogens is 360 g/mol. The SMILES string of the molecule is CCOc1cc2c(cc1CSc1n[nH]c3nc4ccccc4n13)OC(C)C2. The Morgan fingerprint density at radius 1 is 1.33 bits per heavy atom. The van der Waals surface area contributed by atoms with Gasteiger partial charge in [-0.1, -0.05) is 23.9 Å². The number of H-pyrrole nitrogens is 1. The molecule has 2 aromatic carbocycles. The van der Waals surface area contributed by atoms with Gasteiger partial charge in [-0.05, 0) is 38.1 Å². The fraction of sp³-hybridized carbons (Fsp3) is 0.300. The highest BCUT2D eigenvalue weighted by Crippen LogP contribution is 2.37. The third-order valence-corrected chi connectivity index (χ3v) is 5.73. The van der Waals surface area contributed by atoms with Crippen molar-refractivity contribution >= 4 is 28.6 Å². The number of hydrogen-bond donors (Lipinski definition) is 1. The number of fused-ring (bicyclic) bond motifs is 4. The van der Waals surface area contributed by atoms with Crippen molar-refractivity contribution in [3.63, 3.8) is 0 Å². The van der Waals surface area contributed by atoms with E-state index in [-0.39, 0.29) is 6.10 Å². The normalized spacial score (nSPS) is 16.0. The van der Waals surface area contributed by atoms with E-state index in [2.05, 4.69) is 44.7 Å². The van der Waals surface area contributed by atoms with Gasteiger partial charge in [0.1, 0.15) is 17.6 Å². The van der Waals surface area contributed by atoms with Gasteiger partial charge in [0.15, 0.2) is 5.16 Å². The molecule has 6 nitrogen and oxygen atoms in total. The molecule has 7 heteroatoms. The summed E-state index contributed by atoms with van der Waals surface area (Å²) in [4.78, 5) is 4.58. The van der Waals surface area contributed by atoms with Gasteiger partial charge in [-0.15, -0.1) is 5.10 Å². The Hall–Kier alpha value is -2.67. The molecule has 1 N–H and O–H groups in total. The number of aromatic amines is 1. The van der Waals surface area contributed by atoms with Crippen LogP contribution in [0.1, 0.15) is 25.0 Å². The minimum atomic E-state index is 0.223. The molecule has 0 radical (unpaired) electrons. The summed E-state index contributed by atoms with van der Waals surface area (Å²) in [5.74, 6) is 3.41. The van der Waals surface area contributed by atoms with E-state index >= 15 is 0 Å². The van der Waals surface area contributed by atoms with E-state index in [0.717, 1.165) is 51.2 Å². The maximum absolute atomic E-state index is 5.93. The zero-order valence-corrected chi connectivity index (χ0v) is 16.0. The zero-order chi connectivity index (χ0) is 18.4. The number of nitrogens with zero attached hydrogens (tertiary/aromatic N) is 3. The summed E-state index contributed by atoms with van der Waals surface area (Å²) in [5, 5.41) is 8.36. The van der Waals surface area contributed by atoms with Crippen LogP contribution in [0.25, 0.3) is 16.8 Å². The van der Waals surface area contributed by atoms with Gasteiger partial charge < -0.3 is 9.47 Å². The minimum absolute atomic E-state index is 0.223. The van der Waals surface area contributed by atoms with Gasteiger partial charge >= 0.3 is 0 Å². The largest absolute Gasteiger partial charge is 0.494 e. The predicted octanol–water partition coefficient (Wildman–Crippen LogP) is 4.23. The molecule has 1 atom stereocenters. The fourth-order valence-corrected chi connectivity index (χ4v) is 4.50. The van der Waals surface area contributed by atoms with Gasteiger partial charge in [-0.2, -0.15) is 0 Å². The van der Waals surface area contributed by atoms with E-state index in [9.17, 15) is 0 Å². The summed E-state index contributed by atoms with van der Waals surface area (Å²) in [6.45, 7) is 4.75. The van der Waals surface area contributed by atoms with Crippen molar-refractivity contribution in [1.82, 2.24) is 19.6 Å². The second kappa shape index (κ2) is 6.49. The van der Waals surface area contributed by atoms with Crippen LogP contribution in [0.3, 0.4) is 0 Å². The number of ether oxygens (including phenoxy) is 2. The van der Waals surface area contributed by atoms with Crippen LogP contribution >= 0.6 is 11.8 Å². The van der Waals surface area contributed by atoms with Crippen LogP contribution in [0.4, 0.5) is 0 Å². The maximum atomic E-state index is 5.93. The van der Waals surface area contributed by atoms with Gasteiger partial charge in [-0.25, -0.2) is 10.1 Å². The Kier molecular flexibility index (Phi) is 3.97. The zero-order valence-electron chi connectivity index (χ0n) is 15.2. The lowest BCUT2D eigenvalue weighted by molar-refractivity contribution is 0.254. The first-order chi connectivity index (χ1) is 13.2. The van der Waals surface area contributed by atoms with Crippen LogP contribution in [0.5, 0.6) is 11.5 Å². The van der Waals surface area contributed by atoms with Crippen LogP contribution in [0, 0.1) is 0 Å². The highest BCUT2D eigenvalue weighted by atomic mass is 32.2. The van der Waals surface area contributed by atoms with Crippen molar-refractivity contribution in [2.24, 2.45) is 0 Å². The molecular formula is C20H20N4O2S. The standard InChI is InChI=1S/C20H20N4O2S/c1-3-25-17-9-13-8-12(2)26-18(13)10-14(17)11-27-20-23-22-19-21-15-6-4-5-7-16(15)24(19)20/h4-7,9-10,12H,3,8,11H2,1-2H3,(H,21,22). The molecule has 1 unspecified atom stereocenters. The smallest absolute Gasteiger partial charge is 0.231 e. The average Bonchev–Trinajstić information content (AvgIpc) is 3.32. The van der Waals surface area contributed by atoms with Gasteiger partial charge in [0.2, 0.25) is 5.78 Å². The van der Waals surface area contributed by atoms with E-state index in [1.165, 1.54) is 5.56 Å². The summed E-state index contributed by atoms with van der Waals surface area (Å²) < 4.78 is 13.9. The van der Waals surface area contributed by atoms with Crippen molar-refractivity contribution in [3.05, 3.63) is 47.5 Å². The summed E-state index contributed by atoms with van der Waals surface area (Å²) in [6, 6.07) is 12.3. The number of thioether (sulfide) groups is 1. The number of rotatable bonds is 5. The Balaban J connectivity index is 1.48. The third-order valence-electron chi connectivity index (χ3n) is 4.74. The lowest BCUT2D eigenvalue weighted by Gasteiger charge is -2.12. The van der Waals surface area contributed by atoms with E-state index in [1.54, 1.807) is 11.8 Å². The molecule has 0 spiro atoms. The van der Waals surface area contributed by atoms with Crippen molar-refractivity contribution in [3.8, 4) is 11.5 Å². The first-order valence-electron chi connectivity index (χ1n) is 9.12. The topological polar surface area (TPSA) is 64.4 Å². The highest BCUT2D eigenvalue weighted by Gasteiger charge is 2.22. The summed E-state index contributed by atoms with van der Waals surface area (Å²) in [6.07, 6.45) is 1.16. The van der Waals surface area contributed by atoms with Crippen LogP contribution in [0.2, 0.25) is 0 Å². The molecule has 5 rings (SSSR count). The number of hydrogen-bond acceptors (Lipinski definition) is 5. The second-order valence-electron chi connectivity index (χ2n) is 6.69. The van der Waals surface area contributed by atoms with Gasteiger partial charge in [-0.3, -0.25) is 4.40 Å². The quantitative estimate of drug-likeness (QED) is 0.525. The second-order valence-corrected chi connectivity index (χ2v) is 7.63. The van der Waals surface area contributed by atoms with Crippen molar-refractivity contribution in [2.75, 3.05) is 6.61 Å². The highest BCUT2D eigenvalue weighted by molar-refractivity contribution is 7.98. The van der Waals surface area contributed by atoms with E-state index in [4.69, 9.17) is 9.47 Å². The van der Waals surface area contributed by atoms with Crippen molar-refractivity contribution in [1.29, 1.82) is 0 Å². The summed E-state index contributed by atoms with van der Waals surface area (Å²) in [5.41, 5.74) is 4.36. The molecule has 4 aromatic rings. The van der Waals surface area contributed by atoms with Crippen LogP contribution in [-0.4, -0.2) is 32.3 Å². The number of benzene rings is 2. The molecule has 0 fully saturated rings. The van der Waals surface area contributed by atoms with E-state index < -0.39 is 0 Å². The molecule has 2 aromatic heterocycles. The Morgan fingerprint density at radius 2 is 2.22 bits per heavy atom. The Labute approximate surface area is 160 Å². The molecule has 1 aliphatic rings. The van der Waals surface area contributed by atoms with E-state index in [1.807, 2.05) is 25.1 Å². The van der Waals surface area contributed by atoms with Crippen LogP contribution in [-0.2, 0) is 12.2 Å². The van der Waals surface area contributed by atoms with Gasteiger partial charge in [0.25, 0.3) is 0 Å². The first-order valence-corrected chi connectivity index (χ1v) is 10.1. The van der Waals surface area contributed by atoms with Gasteiger partial charge in [0.05, 0.1) is 17.6 Å². The molecule has 0 saturated carbocycles. The lowest BCUT2D eigenvalue weighted by atomic mass is 10.1. The minimum Gasteiger partial charge on any atom is -0.494 e. The molecule has 0 aliphatic carbocycles. The molecule has 0 saturated heterocycles. The number of nitrogens with one attached hydrogen (secondary N) is 1. The molecule has 27 heavy (non-hydrogen) atoms. The Morgan fingerprint density at radius 3 is 3.11 bits per heavy atom. The Bertz CT molecular complexity index is 1130. The molecule has 0 bridgehead atoms. The van der Waals surface area contributed by atoms with Crippen LogP contribution in [0.15, 0.2) is 41.6 Å². The molecule has 3 heterocycles.